The SMILES string of the molecule is CNC(CS(=O)(=O)CCOC)c1ccc(C(C)C)cc1. The molecule has 0 bridgehead atoms. The summed E-state index contributed by atoms with van der Waals surface area (Å²) in [6.07, 6.45) is 0. The van der Waals surface area contributed by atoms with Crippen LogP contribution in [-0.2, 0) is 14.6 Å². The van der Waals surface area contributed by atoms with Crippen LogP contribution < -0.4 is 5.32 Å². The Hall–Kier alpha value is -0.910. The second-order valence-electron chi connectivity index (χ2n) is 5.27. The van der Waals surface area contributed by atoms with Crippen LogP contribution in [0.15, 0.2) is 24.3 Å². The van der Waals surface area contributed by atoms with Gasteiger partial charge in [-0.1, -0.05) is 38.1 Å². The van der Waals surface area contributed by atoms with E-state index in [0.29, 0.717) is 5.92 Å². The summed E-state index contributed by atoms with van der Waals surface area (Å²) >= 11 is 0. The zero-order chi connectivity index (χ0) is 15.2. The van der Waals surface area contributed by atoms with Gasteiger partial charge < -0.3 is 10.1 Å². The highest BCUT2D eigenvalue weighted by Gasteiger charge is 2.19. The average molecular weight is 299 g/mol. The minimum Gasteiger partial charge on any atom is -0.384 e. The van der Waals surface area contributed by atoms with Crippen LogP contribution in [0.1, 0.15) is 36.9 Å². The third kappa shape index (κ3) is 5.23. The molecule has 0 spiro atoms. The minimum absolute atomic E-state index is 0.0613. The molecule has 0 aliphatic carbocycles. The molecule has 0 amide bonds. The number of hydrogen-bond acceptors (Lipinski definition) is 4. The predicted octanol–water partition coefficient (Wildman–Crippen LogP) is 2.13. The molecule has 0 aromatic heterocycles. The van der Waals surface area contributed by atoms with Crippen LogP contribution in [0.4, 0.5) is 0 Å². The Kier molecular flexibility index (Phi) is 6.65. The van der Waals surface area contributed by atoms with Crippen LogP contribution in [0.2, 0.25) is 0 Å². The number of methoxy groups -OCH3 is 1. The molecular formula is C15H25NO3S. The molecule has 0 radical (unpaired) electrons. The van der Waals surface area contributed by atoms with Gasteiger partial charge in [0.2, 0.25) is 0 Å². The van der Waals surface area contributed by atoms with Crippen molar-refractivity contribution in [3.8, 4) is 0 Å². The summed E-state index contributed by atoms with van der Waals surface area (Å²) in [7, 11) is 0.177. The monoisotopic (exact) mass is 299 g/mol. The van der Waals surface area contributed by atoms with Gasteiger partial charge in [0, 0.05) is 13.2 Å². The summed E-state index contributed by atoms with van der Waals surface area (Å²) in [5, 5.41) is 3.08. The summed E-state index contributed by atoms with van der Waals surface area (Å²) in [6.45, 7) is 4.52. The highest BCUT2D eigenvalue weighted by molar-refractivity contribution is 7.91. The van der Waals surface area contributed by atoms with Gasteiger partial charge in [0.05, 0.1) is 18.1 Å². The van der Waals surface area contributed by atoms with E-state index in [4.69, 9.17) is 4.74 Å². The number of benzene rings is 1. The lowest BCUT2D eigenvalue weighted by Crippen LogP contribution is -2.27. The van der Waals surface area contributed by atoms with Gasteiger partial charge in [0.15, 0.2) is 9.84 Å². The second kappa shape index (κ2) is 7.76. The predicted molar refractivity (Wildman–Crippen MR) is 82.9 cm³/mol. The fourth-order valence-corrected chi connectivity index (χ4v) is 3.46. The lowest BCUT2D eigenvalue weighted by atomic mass is 10.00. The van der Waals surface area contributed by atoms with Gasteiger partial charge in [-0.15, -0.1) is 0 Å². The quantitative estimate of drug-likeness (QED) is 0.799. The molecule has 20 heavy (non-hydrogen) atoms. The Morgan fingerprint density at radius 2 is 1.70 bits per heavy atom. The third-order valence-corrected chi connectivity index (χ3v) is 5.00. The van der Waals surface area contributed by atoms with E-state index in [-0.39, 0.29) is 24.2 Å². The first-order valence-electron chi connectivity index (χ1n) is 6.86. The molecule has 1 aromatic rings. The lowest BCUT2D eigenvalue weighted by Gasteiger charge is -2.17. The molecule has 0 fully saturated rings. The van der Waals surface area contributed by atoms with Gasteiger partial charge in [-0.3, -0.25) is 0 Å². The molecule has 1 unspecified atom stereocenters. The molecule has 0 aliphatic rings. The van der Waals surface area contributed by atoms with Gasteiger partial charge in [-0.05, 0) is 24.1 Å². The first-order valence-corrected chi connectivity index (χ1v) is 8.68. The molecule has 1 N–H and O–H groups in total. The van der Waals surface area contributed by atoms with E-state index < -0.39 is 9.84 Å². The number of ether oxygens (including phenoxy) is 1. The van der Waals surface area contributed by atoms with Gasteiger partial charge >= 0.3 is 0 Å². The summed E-state index contributed by atoms with van der Waals surface area (Å²) in [6, 6.07) is 7.95. The minimum atomic E-state index is -3.12. The maximum atomic E-state index is 12.0. The molecule has 4 nitrogen and oxygen atoms in total. The Balaban J connectivity index is 2.80. The number of rotatable bonds is 8. The Labute approximate surface area is 122 Å². The molecule has 1 atom stereocenters. The van der Waals surface area contributed by atoms with Crippen molar-refractivity contribution in [3.05, 3.63) is 35.4 Å². The van der Waals surface area contributed by atoms with E-state index >= 15 is 0 Å². The van der Waals surface area contributed by atoms with Crippen LogP contribution in [0.5, 0.6) is 0 Å². The van der Waals surface area contributed by atoms with Crippen molar-refractivity contribution < 1.29 is 13.2 Å². The summed E-state index contributed by atoms with van der Waals surface area (Å²) < 4.78 is 28.8. The lowest BCUT2D eigenvalue weighted by molar-refractivity contribution is 0.217. The topological polar surface area (TPSA) is 55.4 Å². The molecule has 0 aliphatic heterocycles. The zero-order valence-electron chi connectivity index (χ0n) is 12.7. The van der Waals surface area contributed by atoms with Crippen molar-refractivity contribution in [1.29, 1.82) is 0 Å². The van der Waals surface area contributed by atoms with Crippen LogP contribution in [-0.4, -0.2) is 40.7 Å². The maximum absolute atomic E-state index is 12.0. The summed E-state index contributed by atoms with van der Waals surface area (Å²) in [5.74, 6) is 0.627. The Morgan fingerprint density at radius 3 is 2.15 bits per heavy atom. The van der Waals surface area contributed by atoms with E-state index in [1.165, 1.54) is 12.7 Å². The van der Waals surface area contributed by atoms with Gasteiger partial charge in [-0.2, -0.15) is 0 Å². The van der Waals surface area contributed by atoms with Crippen molar-refractivity contribution in [2.75, 3.05) is 32.3 Å². The normalized spacial score (nSPS) is 13.7. The van der Waals surface area contributed by atoms with Gasteiger partial charge in [0.25, 0.3) is 0 Å². The van der Waals surface area contributed by atoms with Gasteiger partial charge in [0.1, 0.15) is 0 Å². The molecular weight excluding hydrogens is 274 g/mol. The number of sulfone groups is 1. The molecule has 1 aromatic carbocycles. The molecule has 0 heterocycles. The number of hydrogen-bond donors (Lipinski definition) is 1. The summed E-state index contributed by atoms with van der Waals surface area (Å²) in [5.41, 5.74) is 2.25. The molecule has 0 saturated carbocycles. The number of nitrogens with one attached hydrogen (secondary N) is 1. The Morgan fingerprint density at radius 1 is 1.15 bits per heavy atom. The van der Waals surface area contributed by atoms with Crippen molar-refractivity contribution in [2.45, 2.75) is 25.8 Å². The van der Waals surface area contributed by atoms with Crippen molar-refractivity contribution in [1.82, 2.24) is 5.32 Å². The van der Waals surface area contributed by atoms with E-state index in [9.17, 15) is 8.42 Å². The fraction of sp³-hybridized carbons (Fsp3) is 0.600. The molecule has 0 saturated heterocycles. The van der Waals surface area contributed by atoms with Crippen molar-refractivity contribution >= 4 is 9.84 Å². The van der Waals surface area contributed by atoms with E-state index in [1.54, 1.807) is 7.05 Å². The second-order valence-corrected chi connectivity index (χ2v) is 7.50. The first kappa shape index (κ1) is 17.1. The van der Waals surface area contributed by atoms with E-state index in [0.717, 1.165) is 5.56 Å². The first-order chi connectivity index (χ1) is 9.39. The fourth-order valence-electron chi connectivity index (χ4n) is 2.01. The Bertz CT molecular complexity index is 494. The largest absolute Gasteiger partial charge is 0.384 e. The van der Waals surface area contributed by atoms with Crippen LogP contribution in [0, 0.1) is 0 Å². The average Bonchev–Trinajstić information content (AvgIpc) is 2.43. The summed E-state index contributed by atoms with van der Waals surface area (Å²) in [4.78, 5) is 0. The van der Waals surface area contributed by atoms with Crippen LogP contribution in [0.25, 0.3) is 0 Å². The van der Waals surface area contributed by atoms with Crippen molar-refractivity contribution in [2.24, 2.45) is 0 Å². The van der Waals surface area contributed by atoms with Gasteiger partial charge in [-0.25, -0.2) is 8.42 Å². The highest BCUT2D eigenvalue weighted by Crippen LogP contribution is 2.20. The standard InChI is InChI=1S/C15H25NO3S/c1-12(2)13-5-7-14(8-6-13)15(16-3)11-20(17,18)10-9-19-4/h5-8,12,15-16H,9-11H2,1-4H3. The highest BCUT2D eigenvalue weighted by atomic mass is 32.2. The zero-order valence-corrected chi connectivity index (χ0v) is 13.5. The molecule has 114 valence electrons. The van der Waals surface area contributed by atoms with Crippen LogP contribution >= 0.6 is 0 Å². The van der Waals surface area contributed by atoms with E-state index in [2.05, 4.69) is 31.3 Å². The molecule has 1 rings (SSSR count). The van der Waals surface area contributed by atoms with Crippen molar-refractivity contribution in [3.63, 3.8) is 0 Å². The maximum Gasteiger partial charge on any atom is 0.154 e. The third-order valence-electron chi connectivity index (χ3n) is 3.37. The smallest absolute Gasteiger partial charge is 0.154 e. The molecule has 5 heteroatoms. The van der Waals surface area contributed by atoms with Crippen LogP contribution in [0.3, 0.4) is 0 Å². The van der Waals surface area contributed by atoms with E-state index in [1.807, 2.05) is 12.1 Å².